The molecular weight excluding hydrogens is 416 g/mol. The Hall–Kier alpha value is -2.60. The molecule has 0 amide bonds. The van der Waals surface area contributed by atoms with E-state index in [1.807, 2.05) is 42.5 Å². The van der Waals surface area contributed by atoms with Crippen LogP contribution < -0.4 is 0 Å². The molecule has 0 aliphatic heterocycles. The fourth-order valence-corrected chi connectivity index (χ4v) is 5.46. The molecule has 2 aromatic rings. The Morgan fingerprint density at radius 1 is 1.03 bits per heavy atom. The number of allylic oxidation sites excluding steroid dienone is 3. The zero-order valence-corrected chi connectivity index (χ0v) is 20.5. The van der Waals surface area contributed by atoms with E-state index in [4.69, 9.17) is 0 Å². The summed E-state index contributed by atoms with van der Waals surface area (Å²) in [6.07, 6.45) is 17.1. The number of benzene rings is 2. The lowest BCUT2D eigenvalue weighted by Gasteiger charge is -2.43. The topological polar surface area (TPSA) is 40.5 Å². The summed E-state index contributed by atoms with van der Waals surface area (Å²) in [5.41, 5.74) is 5.11. The lowest BCUT2D eigenvalue weighted by Crippen LogP contribution is -2.40. The maximum atomic E-state index is 11.0. The highest BCUT2D eigenvalue weighted by atomic mass is 16.3. The minimum atomic E-state index is -0.465. The highest BCUT2D eigenvalue weighted by Gasteiger charge is 2.41. The van der Waals surface area contributed by atoms with Crippen molar-refractivity contribution in [2.75, 3.05) is 6.61 Å². The molecule has 178 valence electrons. The lowest BCUT2D eigenvalue weighted by atomic mass is 9.63. The van der Waals surface area contributed by atoms with Gasteiger partial charge in [-0.25, -0.2) is 0 Å². The first-order chi connectivity index (χ1) is 16.5. The molecule has 0 radical (unpaired) electrons. The second-order valence-corrected chi connectivity index (χ2v) is 10.3. The van der Waals surface area contributed by atoms with E-state index in [2.05, 4.69) is 49.1 Å². The minimum Gasteiger partial charge on any atom is -0.396 e. The van der Waals surface area contributed by atoms with E-state index < -0.39 is 6.10 Å². The van der Waals surface area contributed by atoms with Crippen LogP contribution in [-0.2, 0) is 18.3 Å². The van der Waals surface area contributed by atoms with Crippen LogP contribution in [0.4, 0.5) is 0 Å². The van der Waals surface area contributed by atoms with Crippen molar-refractivity contribution >= 4 is 0 Å². The summed E-state index contributed by atoms with van der Waals surface area (Å²) in [5.74, 6) is 6.58. The van der Waals surface area contributed by atoms with E-state index in [1.165, 1.54) is 29.5 Å². The highest BCUT2D eigenvalue weighted by Crippen LogP contribution is 2.47. The van der Waals surface area contributed by atoms with Crippen molar-refractivity contribution in [3.63, 3.8) is 0 Å². The van der Waals surface area contributed by atoms with E-state index in [1.54, 1.807) is 0 Å². The second-order valence-electron chi connectivity index (χ2n) is 10.3. The molecule has 4 rings (SSSR count). The van der Waals surface area contributed by atoms with Gasteiger partial charge >= 0.3 is 0 Å². The molecule has 0 spiro atoms. The average molecular weight is 455 g/mol. The molecule has 2 nitrogen and oxygen atoms in total. The van der Waals surface area contributed by atoms with Gasteiger partial charge < -0.3 is 10.2 Å². The molecule has 34 heavy (non-hydrogen) atoms. The summed E-state index contributed by atoms with van der Waals surface area (Å²) >= 11 is 0. The molecule has 2 N–H and O–H groups in total. The number of aryl methyl sites for hydroxylation is 2. The van der Waals surface area contributed by atoms with Crippen LogP contribution in [0.2, 0.25) is 0 Å². The summed E-state index contributed by atoms with van der Waals surface area (Å²) in [6, 6.07) is 16.9. The Morgan fingerprint density at radius 2 is 1.85 bits per heavy atom. The van der Waals surface area contributed by atoms with Gasteiger partial charge in [0, 0.05) is 29.4 Å². The maximum absolute atomic E-state index is 11.0. The van der Waals surface area contributed by atoms with Crippen molar-refractivity contribution in [1.82, 2.24) is 0 Å². The third-order valence-corrected chi connectivity index (χ3v) is 7.85. The smallest absolute Gasteiger partial charge is 0.0789 e. The zero-order chi connectivity index (χ0) is 23.9. The van der Waals surface area contributed by atoms with Gasteiger partial charge in [0.15, 0.2) is 0 Å². The SMILES string of the molecule is CC1(/C=C/C=C/C(O)C2(CC#Cc3ccccc3)CCC2)CCCc2ccc(CCCO)cc21. The summed E-state index contributed by atoms with van der Waals surface area (Å²) in [7, 11) is 0. The van der Waals surface area contributed by atoms with Gasteiger partial charge in [-0.1, -0.05) is 85.9 Å². The largest absolute Gasteiger partial charge is 0.396 e. The Bertz CT molecular complexity index is 1070. The zero-order valence-electron chi connectivity index (χ0n) is 20.5. The van der Waals surface area contributed by atoms with E-state index in [0.29, 0.717) is 0 Å². The molecule has 2 unspecified atom stereocenters. The molecule has 2 heteroatoms. The van der Waals surface area contributed by atoms with Crippen LogP contribution in [-0.4, -0.2) is 22.9 Å². The van der Waals surface area contributed by atoms with Crippen LogP contribution >= 0.6 is 0 Å². The van der Waals surface area contributed by atoms with Gasteiger partial charge in [0.2, 0.25) is 0 Å². The molecule has 0 heterocycles. The molecule has 1 fully saturated rings. The number of aliphatic hydroxyl groups excluding tert-OH is 2. The van der Waals surface area contributed by atoms with Crippen LogP contribution in [0.3, 0.4) is 0 Å². The first kappa shape index (κ1) is 24.5. The maximum Gasteiger partial charge on any atom is 0.0789 e. The van der Waals surface area contributed by atoms with Crippen LogP contribution in [0.25, 0.3) is 0 Å². The van der Waals surface area contributed by atoms with Crippen molar-refractivity contribution in [3.05, 3.63) is 95.1 Å². The number of rotatable bonds is 8. The lowest BCUT2D eigenvalue weighted by molar-refractivity contribution is -0.000791. The van der Waals surface area contributed by atoms with Crippen molar-refractivity contribution in [3.8, 4) is 11.8 Å². The van der Waals surface area contributed by atoms with E-state index in [9.17, 15) is 10.2 Å². The fraction of sp³-hybridized carbons (Fsp3) is 0.438. The van der Waals surface area contributed by atoms with Gasteiger partial charge in [-0.3, -0.25) is 0 Å². The highest BCUT2D eigenvalue weighted by molar-refractivity contribution is 5.43. The van der Waals surface area contributed by atoms with Gasteiger partial charge in [0.1, 0.15) is 0 Å². The molecule has 1 saturated carbocycles. The predicted molar refractivity (Wildman–Crippen MR) is 141 cm³/mol. The molecule has 2 atom stereocenters. The molecule has 2 aliphatic carbocycles. The Labute approximate surface area is 205 Å². The first-order valence-electron chi connectivity index (χ1n) is 12.9. The summed E-state index contributed by atoms with van der Waals surface area (Å²) in [6.45, 7) is 2.56. The van der Waals surface area contributed by atoms with Gasteiger partial charge in [-0.05, 0) is 73.8 Å². The van der Waals surface area contributed by atoms with Crippen LogP contribution in [0.1, 0.15) is 74.1 Å². The minimum absolute atomic E-state index is 0.00736. The summed E-state index contributed by atoms with van der Waals surface area (Å²) in [5, 5.41) is 20.2. The van der Waals surface area contributed by atoms with E-state index in [0.717, 1.165) is 50.5 Å². The van der Waals surface area contributed by atoms with Crippen LogP contribution in [0.15, 0.2) is 72.8 Å². The van der Waals surface area contributed by atoms with Crippen molar-refractivity contribution in [2.45, 2.75) is 76.2 Å². The molecule has 2 aliphatic rings. The quantitative estimate of drug-likeness (QED) is 0.363. The standard InChI is InChI=1S/C32H38O2/c1-31(20-8-15-28-18-17-27(14-9-24-33)25-29(28)31)19-6-5-16-30(34)32(22-10-23-32)21-7-13-26-11-3-2-4-12-26/h2-6,11-12,16-19,25,30,33-34H,8-10,14-15,20-24H2,1H3/b16-5+,19-6+. The Kier molecular flexibility index (Phi) is 8.09. The normalized spacial score (nSPS) is 22.1. The van der Waals surface area contributed by atoms with Crippen LogP contribution in [0, 0.1) is 17.3 Å². The van der Waals surface area contributed by atoms with E-state index in [-0.39, 0.29) is 17.4 Å². The van der Waals surface area contributed by atoms with Crippen LogP contribution in [0.5, 0.6) is 0 Å². The van der Waals surface area contributed by atoms with Gasteiger partial charge in [0.05, 0.1) is 6.10 Å². The van der Waals surface area contributed by atoms with Gasteiger partial charge in [-0.15, -0.1) is 0 Å². The van der Waals surface area contributed by atoms with Crippen molar-refractivity contribution in [1.29, 1.82) is 0 Å². The molecule has 0 saturated heterocycles. The monoisotopic (exact) mass is 454 g/mol. The average Bonchev–Trinajstić information content (AvgIpc) is 2.83. The summed E-state index contributed by atoms with van der Waals surface area (Å²) in [4.78, 5) is 0. The molecule has 0 bridgehead atoms. The number of hydrogen-bond acceptors (Lipinski definition) is 2. The Morgan fingerprint density at radius 3 is 2.59 bits per heavy atom. The number of aliphatic hydroxyl groups is 2. The summed E-state index contributed by atoms with van der Waals surface area (Å²) < 4.78 is 0. The first-order valence-corrected chi connectivity index (χ1v) is 12.9. The van der Waals surface area contributed by atoms with Gasteiger partial charge in [0.25, 0.3) is 0 Å². The third kappa shape index (κ3) is 5.72. The fourth-order valence-electron chi connectivity index (χ4n) is 5.46. The number of hydrogen-bond donors (Lipinski definition) is 2. The number of fused-ring (bicyclic) bond motifs is 1. The van der Waals surface area contributed by atoms with Gasteiger partial charge in [-0.2, -0.15) is 0 Å². The third-order valence-electron chi connectivity index (χ3n) is 7.85. The molecule has 0 aromatic heterocycles. The van der Waals surface area contributed by atoms with E-state index >= 15 is 0 Å². The Balaban J connectivity index is 1.42. The molecular formula is C32H38O2. The second kappa shape index (κ2) is 11.2. The van der Waals surface area contributed by atoms with Crippen molar-refractivity contribution in [2.24, 2.45) is 5.41 Å². The molecule has 2 aromatic carbocycles. The predicted octanol–water partition coefficient (Wildman–Crippen LogP) is 6.29. The van der Waals surface area contributed by atoms with Crippen molar-refractivity contribution < 1.29 is 10.2 Å².